The summed E-state index contributed by atoms with van der Waals surface area (Å²) >= 11 is 0. The second-order valence-corrected chi connectivity index (χ2v) is 11.6. The molecule has 0 saturated carbocycles. The van der Waals surface area contributed by atoms with E-state index in [4.69, 9.17) is 4.52 Å². The fourth-order valence-electron chi connectivity index (χ4n) is 3.28. The van der Waals surface area contributed by atoms with Crippen LogP contribution in [0.5, 0.6) is 0 Å². The van der Waals surface area contributed by atoms with Gasteiger partial charge in [-0.05, 0) is 0 Å². The van der Waals surface area contributed by atoms with Gasteiger partial charge in [-0.3, -0.25) is 0 Å². The van der Waals surface area contributed by atoms with Gasteiger partial charge in [0.1, 0.15) is 0 Å². The Balaban J connectivity index is 2.69. The molecule has 0 unspecified atom stereocenters. The summed E-state index contributed by atoms with van der Waals surface area (Å²) in [5.74, 6) is -0.0247. The molecule has 0 atom stereocenters. The Morgan fingerprint density at radius 3 is 1.88 bits per heavy atom. The van der Waals surface area contributed by atoms with Crippen LogP contribution in [0.3, 0.4) is 0 Å². The van der Waals surface area contributed by atoms with E-state index in [9.17, 15) is 4.79 Å². The predicted octanol–water partition coefficient (Wildman–Crippen LogP) is 7.01. The molecule has 0 N–H and O–H groups in total. The van der Waals surface area contributed by atoms with Crippen molar-refractivity contribution in [2.45, 2.75) is 72.6 Å². The molecule has 0 radical (unpaired) electrons. The zero-order valence-corrected chi connectivity index (χ0v) is 18.4. The van der Waals surface area contributed by atoms with Crippen LogP contribution in [-0.4, -0.2) is 24.5 Å². The van der Waals surface area contributed by atoms with Crippen molar-refractivity contribution in [3.63, 3.8) is 0 Å². The maximum atomic E-state index is 12.6. The van der Waals surface area contributed by atoms with Gasteiger partial charge in [-0.2, -0.15) is 0 Å². The monoisotopic (exact) mass is 378 g/mol. The number of aryl methyl sites for hydroxylation is 1. The first kappa shape index (κ1) is 22.9. The number of hydrogen-bond acceptors (Lipinski definition) is 2. The van der Waals surface area contributed by atoms with Gasteiger partial charge in [0.2, 0.25) is 0 Å². The third-order valence-electron chi connectivity index (χ3n) is 4.96. The van der Waals surface area contributed by atoms with Gasteiger partial charge in [-0.1, -0.05) is 0 Å². The van der Waals surface area contributed by atoms with Crippen molar-refractivity contribution in [3.05, 3.63) is 41.5 Å². The molecule has 0 amide bonds. The number of benzene rings is 1. The molecule has 0 heterocycles. The van der Waals surface area contributed by atoms with Crippen molar-refractivity contribution < 1.29 is 9.32 Å². The number of unbranched alkanes of at least 4 members (excludes halogenated alkanes) is 3. The molecule has 3 heteroatoms. The first-order valence-corrected chi connectivity index (χ1v) is 13.0. The summed E-state index contributed by atoms with van der Waals surface area (Å²) in [5.41, 5.74) is 2.38. The topological polar surface area (TPSA) is 26.3 Å². The quantitative estimate of drug-likeness (QED) is 0.345. The molecule has 0 aromatic heterocycles. The number of carbonyl (C=O) groups is 1. The summed E-state index contributed by atoms with van der Waals surface area (Å²) < 4.78 is 6.25. The molecule has 2 nitrogen and oxygen atoms in total. The molecule has 1 rings (SSSR count). The summed E-state index contributed by atoms with van der Waals surface area (Å²) in [7, 11) is -1.94. The molecule has 0 aliphatic carbocycles. The van der Waals surface area contributed by atoms with Crippen LogP contribution in [0.25, 0.3) is 6.08 Å². The van der Waals surface area contributed by atoms with Crippen molar-refractivity contribution >= 4 is 19.5 Å². The van der Waals surface area contributed by atoms with Crippen LogP contribution in [0, 0.1) is 6.92 Å². The normalized spacial score (nSPS) is 12.5. The average molecular weight is 379 g/mol. The third kappa shape index (κ3) is 8.99. The molecule has 0 saturated heterocycles. The van der Waals surface area contributed by atoms with E-state index in [-0.39, 0.29) is 5.97 Å². The molecule has 0 fully saturated rings. The number of rotatable bonds is 13. The van der Waals surface area contributed by atoms with Gasteiger partial charge in [0.25, 0.3) is 0 Å². The minimum atomic E-state index is -1.94. The summed E-state index contributed by atoms with van der Waals surface area (Å²) in [6.07, 6.45) is 14.9. The second kappa shape index (κ2) is 13.1. The van der Waals surface area contributed by atoms with Crippen LogP contribution in [0.1, 0.15) is 76.8 Å². The molecule has 0 bridgehead atoms. The van der Waals surface area contributed by atoms with Gasteiger partial charge in [-0.25, -0.2) is 0 Å². The van der Waals surface area contributed by atoms with E-state index in [2.05, 4.69) is 52.0 Å². The van der Waals surface area contributed by atoms with Crippen LogP contribution in [0.15, 0.2) is 30.3 Å². The molecule has 0 aliphatic heterocycles. The fourth-order valence-corrected chi connectivity index (χ4v) is 7.89. The van der Waals surface area contributed by atoms with Crippen molar-refractivity contribution in [3.8, 4) is 0 Å². The van der Waals surface area contributed by atoms with Crippen LogP contribution in [0.2, 0.25) is 0 Å². The van der Waals surface area contributed by atoms with Crippen molar-refractivity contribution in [2.75, 3.05) is 18.5 Å². The average Bonchev–Trinajstić information content (AvgIpc) is 2.64. The van der Waals surface area contributed by atoms with Crippen LogP contribution < -0.4 is 0 Å². The molecule has 148 valence electrons. The van der Waals surface area contributed by atoms with Gasteiger partial charge in [0.05, 0.1) is 0 Å². The summed E-state index contributed by atoms with van der Waals surface area (Å²) in [6.45, 7) is 8.76. The van der Waals surface area contributed by atoms with E-state index in [1.807, 2.05) is 12.2 Å². The molecule has 1 aromatic carbocycles. The summed E-state index contributed by atoms with van der Waals surface area (Å²) in [6, 6.07) is 8.35. The molecule has 26 heavy (non-hydrogen) atoms. The zero-order valence-electron chi connectivity index (χ0n) is 17.4. The van der Waals surface area contributed by atoms with E-state index in [1.54, 1.807) is 0 Å². The van der Waals surface area contributed by atoms with E-state index in [0.29, 0.717) is 6.42 Å². The van der Waals surface area contributed by atoms with Crippen molar-refractivity contribution in [2.24, 2.45) is 0 Å². The Morgan fingerprint density at radius 1 is 0.923 bits per heavy atom. The molecular weight excluding hydrogens is 339 g/mol. The Bertz CT molecular complexity index is 512. The maximum absolute atomic E-state index is 12.6. The summed E-state index contributed by atoms with van der Waals surface area (Å²) in [4.78, 5) is 12.6. The van der Waals surface area contributed by atoms with E-state index < -0.39 is 7.49 Å². The fraction of sp³-hybridized carbons (Fsp3) is 0.609. The Labute approximate surface area is 161 Å². The Morgan fingerprint density at radius 2 is 1.42 bits per heavy atom. The van der Waals surface area contributed by atoms with Crippen molar-refractivity contribution in [1.82, 2.24) is 0 Å². The number of hydrogen-bond donors (Lipinski definition) is 0. The van der Waals surface area contributed by atoms with Crippen LogP contribution >= 0.6 is 7.49 Å². The van der Waals surface area contributed by atoms with Gasteiger partial charge < -0.3 is 0 Å². The van der Waals surface area contributed by atoms with Crippen LogP contribution in [-0.2, 0) is 9.32 Å². The predicted molar refractivity (Wildman–Crippen MR) is 119 cm³/mol. The molecular formula is C23H39O2P. The van der Waals surface area contributed by atoms with Gasteiger partial charge >= 0.3 is 161 Å². The number of carbonyl (C=O) groups excluding carboxylic acids is 1. The molecule has 0 aliphatic rings. The Hall–Kier alpha value is -1.14. The second-order valence-electron chi connectivity index (χ2n) is 7.48. The minimum absolute atomic E-state index is 0.0247. The van der Waals surface area contributed by atoms with Gasteiger partial charge in [0.15, 0.2) is 0 Å². The standard InChI is InChI=1S/C23H39O2P/c1-5-8-18-26(19-9-6-2,20-10-7-3)25-23(24)13-11-12-22-16-14-21(4)15-17-22/h11-12,14-17,26H,5-10,13,18-20H2,1-4H3. The first-order chi connectivity index (χ1) is 12.5. The molecule has 1 aromatic rings. The van der Waals surface area contributed by atoms with Crippen molar-refractivity contribution in [1.29, 1.82) is 0 Å². The zero-order chi connectivity index (χ0) is 19.3. The van der Waals surface area contributed by atoms with Gasteiger partial charge in [0, 0.05) is 0 Å². The third-order valence-corrected chi connectivity index (χ3v) is 9.42. The van der Waals surface area contributed by atoms with E-state index in [0.717, 1.165) is 24.0 Å². The van der Waals surface area contributed by atoms with Gasteiger partial charge in [-0.15, -0.1) is 0 Å². The SMILES string of the molecule is CCCC[PH](CCCC)(CCCC)OC(=O)CC=Cc1ccc(C)cc1. The molecule has 0 spiro atoms. The van der Waals surface area contributed by atoms with E-state index in [1.165, 1.54) is 44.1 Å². The Kier molecular flexibility index (Phi) is 11.5. The first-order valence-electron chi connectivity index (χ1n) is 10.5. The summed E-state index contributed by atoms with van der Waals surface area (Å²) in [5, 5.41) is 0. The van der Waals surface area contributed by atoms with E-state index >= 15 is 0 Å². The van der Waals surface area contributed by atoms with Crippen LogP contribution in [0.4, 0.5) is 0 Å².